The molecule has 2 aliphatic rings. The van der Waals surface area contributed by atoms with Crippen molar-refractivity contribution in [2.24, 2.45) is 10.7 Å². The van der Waals surface area contributed by atoms with Gasteiger partial charge in [-0.1, -0.05) is 6.07 Å². The zero-order valence-electron chi connectivity index (χ0n) is 10.8. The molecule has 1 saturated heterocycles. The predicted octanol–water partition coefficient (Wildman–Crippen LogP) is 1.34. The van der Waals surface area contributed by atoms with Gasteiger partial charge in [-0.15, -0.1) is 11.3 Å². The zero-order valence-corrected chi connectivity index (χ0v) is 11.6. The van der Waals surface area contributed by atoms with Gasteiger partial charge in [-0.05, 0) is 37.9 Å². The molecule has 0 bridgehead atoms. The molecule has 0 saturated carbocycles. The Bertz CT molecular complexity index is 442. The van der Waals surface area contributed by atoms with Crippen LogP contribution >= 0.6 is 11.3 Å². The van der Waals surface area contributed by atoms with Crippen LogP contribution in [-0.2, 0) is 6.54 Å². The third-order valence-corrected chi connectivity index (χ3v) is 4.89. The molecule has 5 heteroatoms. The molecule has 1 atom stereocenters. The summed E-state index contributed by atoms with van der Waals surface area (Å²) in [6, 6.07) is 4.28. The van der Waals surface area contributed by atoms with Gasteiger partial charge in [0.1, 0.15) is 0 Å². The van der Waals surface area contributed by atoms with Crippen LogP contribution in [0.1, 0.15) is 17.7 Å². The van der Waals surface area contributed by atoms with Crippen molar-refractivity contribution >= 4 is 17.3 Å². The van der Waals surface area contributed by atoms with Gasteiger partial charge in [0, 0.05) is 11.4 Å². The summed E-state index contributed by atoms with van der Waals surface area (Å²) in [7, 11) is 2.19. The Balaban J connectivity index is 1.82. The van der Waals surface area contributed by atoms with Crippen molar-refractivity contribution in [1.82, 2.24) is 9.80 Å². The Morgan fingerprint density at radius 1 is 1.56 bits per heavy atom. The number of thiophene rings is 1. The molecule has 1 fully saturated rings. The van der Waals surface area contributed by atoms with E-state index < -0.39 is 0 Å². The smallest absolute Gasteiger partial charge is 0.192 e. The molecule has 0 aliphatic carbocycles. The first kappa shape index (κ1) is 12.0. The lowest BCUT2D eigenvalue weighted by atomic mass is 9.88. The largest absolute Gasteiger partial charge is 0.370 e. The maximum absolute atomic E-state index is 6.11. The van der Waals surface area contributed by atoms with Gasteiger partial charge in [0.15, 0.2) is 5.96 Å². The van der Waals surface area contributed by atoms with Crippen LogP contribution in [0.25, 0.3) is 0 Å². The van der Waals surface area contributed by atoms with E-state index in [1.165, 1.54) is 24.3 Å². The molecule has 0 radical (unpaired) electrons. The molecule has 3 heterocycles. The number of likely N-dealkylation sites (tertiary alicyclic amines) is 1. The summed E-state index contributed by atoms with van der Waals surface area (Å²) in [5, 5.41) is 2.12. The Morgan fingerprint density at radius 2 is 2.44 bits per heavy atom. The van der Waals surface area contributed by atoms with E-state index in [-0.39, 0.29) is 5.54 Å². The molecule has 0 aromatic carbocycles. The van der Waals surface area contributed by atoms with Gasteiger partial charge in [-0.3, -0.25) is 4.99 Å². The SMILES string of the molecule is CN1CCCC2(CN=C(N)N2Cc2cccs2)C1. The van der Waals surface area contributed by atoms with Crippen LogP contribution in [0.4, 0.5) is 0 Å². The lowest BCUT2D eigenvalue weighted by Crippen LogP contribution is -2.59. The van der Waals surface area contributed by atoms with Gasteiger partial charge in [-0.2, -0.15) is 0 Å². The fourth-order valence-electron chi connectivity index (χ4n) is 3.14. The Kier molecular flexibility index (Phi) is 3.03. The van der Waals surface area contributed by atoms with E-state index in [1.54, 1.807) is 11.3 Å². The monoisotopic (exact) mass is 264 g/mol. The molecule has 2 aliphatic heterocycles. The van der Waals surface area contributed by atoms with Gasteiger partial charge in [0.05, 0.1) is 18.6 Å². The number of guanidine groups is 1. The van der Waals surface area contributed by atoms with Crippen LogP contribution < -0.4 is 5.73 Å². The zero-order chi connectivity index (χ0) is 12.6. The number of rotatable bonds is 2. The maximum atomic E-state index is 6.11. The average Bonchev–Trinajstić information content (AvgIpc) is 2.94. The highest BCUT2D eigenvalue weighted by atomic mass is 32.1. The lowest BCUT2D eigenvalue weighted by molar-refractivity contribution is 0.0844. The van der Waals surface area contributed by atoms with E-state index in [9.17, 15) is 0 Å². The van der Waals surface area contributed by atoms with Crippen LogP contribution in [0, 0.1) is 0 Å². The van der Waals surface area contributed by atoms with E-state index in [4.69, 9.17) is 5.73 Å². The first-order valence-electron chi connectivity index (χ1n) is 6.48. The molecule has 1 aromatic rings. The minimum atomic E-state index is 0.140. The second-order valence-electron chi connectivity index (χ2n) is 5.41. The summed E-state index contributed by atoms with van der Waals surface area (Å²) in [4.78, 5) is 10.6. The van der Waals surface area contributed by atoms with Crippen LogP contribution in [0.3, 0.4) is 0 Å². The van der Waals surface area contributed by atoms with Crippen molar-refractivity contribution < 1.29 is 0 Å². The molecule has 98 valence electrons. The summed E-state index contributed by atoms with van der Waals surface area (Å²) in [6.07, 6.45) is 2.44. The molecule has 0 amide bonds. The summed E-state index contributed by atoms with van der Waals surface area (Å²) in [5.74, 6) is 0.721. The number of aliphatic imine (C=N–C) groups is 1. The van der Waals surface area contributed by atoms with Gasteiger partial charge >= 0.3 is 0 Å². The molecule has 1 unspecified atom stereocenters. The van der Waals surface area contributed by atoms with Crippen molar-refractivity contribution in [3.8, 4) is 0 Å². The van der Waals surface area contributed by atoms with Crippen LogP contribution in [0.15, 0.2) is 22.5 Å². The highest BCUT2D eigenvalue weighted by molar-refractivity contribution is 7.09. The average molecular weight is 264 g/mol. The number of hydrogen-bond acceptors (Lipinski definition) is 5. The predicted molar refractivity (Wildman–Crippen MR) is 75.8 cm³/mol. The molecular weight excluding hydrogens is 244 g/mol. The summed E-state index contributed by atoms with van der Waals surface area (Å²) >= 11 is 1.79. The minimum Gasteiger partial charge on any atom is -0.370 e. The summed E-state index contributed by atoms with van der Waals surface area (Å²) in [6.45, 7) is 4.02. The van der Waals surface area contributed by atoms with Crippen molar-refractivity contribution in [3.63, 3.8) is 0 Å². The molecule has 1 spiro atoms. The molecule has 3 rings (SSSR count). The summed E-state index contributed by atoms with van der Waals surface area (Å²) in [5.41, 5.74) is 6.25. The van der Waals surface area contributed by atoms with Gasteiger partial charge in [0.25, 0.3) is 0 Å². The first-order valence-corrected chi connectivity index (χ1v) is 7.36. The summed E-state index contributed by atoms with van der Waals surface area (Å²) < 4.78 is 0. The van der Waals surface area contributed by atoms with Crippen LogP contribution in [-0.4, -0.2) is 48.0 Å². The number of nitrogens with zero attached hydrogens (tertiary/aromatic N) is 3. The fourth-order valence-corrected chi connectivity index (χ4v) is 3.83. The van der Waals surface area contributed by atoms with Gasteiger partial charge < -0.3 is 15.5 Å². The standard InChI is InChI=1S/C13H20N4S/c1-16-6-3-5-13(10-16)9-15-12(14)17(13)8-11-4-2-7-18-11/h2,4,7H,3,5-6,8-10H2,1H3,(H2,14,15). The highest BCUT2D eigenvalue weighted by Crippen LogP contribution is 2.33. The lowest BCUT2D eigenvalue weighted by Gasteiger charge is -2.45. The number of nitrogens with two attached hydrogens (primary N) is 1. The van der Waals surface area contributed by atoms with Gasteiger partial charge in [0.2, 0.25) is 0 Å². The van der Waals surface area contributed by atoms with Crippen molar-refractivity contribution in [1.29, 1.82) is 0 Å². The van der Waals surface area contributed by atoms with Crippen molar-refractivity contribution in [3.05, 3.63) is 22.4 Å². The Morgan fingerprint density at radius 3 is 3.17 bits per heavy atom. The van der Waals surface area contributed by atoms with E-state index in [1.807, 2.05) is 0 Å². The molecule has 4 nitrogen and oxygen atoms in total. The minimum absolute atomic E-state index is 0.140. The fraction of sp³-hybridized carbons (Fsp3) is 0.615. The Labute approximate surface area is 112 Å². The van der Waals surface area contributed by atoms with Crippen molar-refractivity contribution in [2.45, 2.75) is 24.9 Å². The Hall–Kier alpha value is -1.07. The first-order chi connectivity index (χ1) is 8.70. The highest BCUT2D eigenvalue weighted by Gasteiger charge is 2.44. The maximum Gasteiger partial charge on any atom is 0.192 e. The van der Waals surface area contributed by atoms with E-state index in [0.29, 0.717) is 0 Å². The third kappa shape index (κ3) is 2.01. The molecule has 2 N–H and O–H groups in total. The number of hydrogen-bond donors (Lipinski definition) is 1. The van der Waals surface area contributed by atoms with E-state index in [0.717, 1.165) is 25.6 Å². The topological polar surface area (TPSA) is 44.9 Å². The van der Waals surface area contributed by atoms with Crippen LogP contribution in [0.2, 0.25) is 0 Å². The van der Waals surface area contributed by atoms with E-state index in [2.05, 4.69) is 39.4 Å². The van der Waals surface area contributed by atoms with Crippen molar-refractivity contribution in [2.75, 3.05) is 26.7 Å². The second kappa shape index (κ2) is 4.55. The normalized spacial score (nSPS) is 28.9. The molecular formula is C13H20N4S. The third-order valence-electron chi connectivity index (χ3n) is 4.02. The molecule has 1 aromatic heterocycles. The van der Waals surface area contributed by atoms with E-state index >= 15 is 0 Å². The van der Waals surface area contributed by atoms with Crippen LogP contribution in [0.5, 0.6) is 0 Å². The van der Waals surface area contributed by atoms with Gasteiger partial charge in [-0.25, -0.2) is 0 Å². The number of piperidine rings is 1. The molecule has 18 heavy (non-hydrogen) atoms. The second-order valence-corrected chi connectivity index (χ2v) is 6.44. The quantitative estimate of drug-likeness (QED) is 0.877. The number of likely N-dealkylation sites (N-methyl/N-ethyl adjacent to an activating group) is 1.